The van der Waals surface area contributed by atoms with Crippen LogP contribution in [0.1, 0.15) is 28.1 Å². The number of hydrogen-bond donors (Lipinski definition) is 0. The minimum Gasteiger partial charge on any atom is -0.350 e. The molecular weight excluding hydrogens is 343 g/mol. The molecule has 7 heteroatoms. The molecule has 0 radical (unpaired) electrons. The SMILES string of the molecule is Cc1c(C#N)nnc(N2CCc3ncc(-c4cccnc4F)cc3C2)c1C. The average molecular weight is 360 g/mol. The van der Waals surface area contributed by atoms with Crippen molar-refractivity contribution >= 4 is 5.82 Å². The molecule has 0 fully saturated rings. The summed E-state index contributed by atoms with van der Waals surface area (Å²) in [5, 5.41) is 17.4. The lowest BCUT2D eigenvalue weighted by atomic mass is 10.00. The summed E-state index contributed by atoms with van der Waals surface area (Å²) in [5.41, 5.74) is 5.34. The molecule has 0 N–H and O–H groups in total. The van der Waals surface area contributed by atoms with Crippen molar-refractivity contribution in [3.05, 3.63) is 64.6 Å². The van der Waals surface area contributed by atoms with E-state index in [1.165, 1.54) is 6.20 Å². The van der Waals surface area contributed by atoms with Gasteiger partial charge in [-0.15, -0.1) is 10.2 Å². The highest BCUT2D eigenvalue weighted by molar-refractivity contribution is 5.64. The van der Waals surface area contributed by atoms with Crippen LogP contribution in [0.5, 0.6) is 0 Å². The van der Waals surface area contributed by atoms with Crippen LogP contribution in [0.25, 0.3) is 11.1 Å². The number of hydrogen-bond acceptors (Lipinski definition) is 6. The number of pyridine rings is 2. The number of halogens is 1. The smallest absolute Gasteiger partial charge is 0.220 e. The molecule has 0 aromatic carbocycles. The van der Waals surface area contributed by atoms with Crippen LogP contribution in [-0.4, -0.2) is 26.7 Å². The molecule has 134 valence electrons. The molecular formula is C20H17FN6. The quantitative estimate of drug-likeness (QED) is 0.654. The van der Waals surface area contributed by atoms with Crippen LogP contribution in [0.4, 0.5) is 10.2 Å². The standard InChI is InChI=1S/C20H17FN6/c1-12-13(2)20(26-25-18(12)9-22)27-7-5-17-15(11-27)8-14(10-24-17)16-4-3-6-23-19(16)21/h3-4,6,8,10H,5,7,11H2,1-2H3. The zero-order chi connectivity index (χ0) is 19.0. The number of rotatable bonds is 2. The largest absolute Gasteiger partial charge is 0.350 e. The Labute approximate surface area is 156 Å². The zero-order valence-electron chi connectivity index (χ0n) is 15.1. The first-order chi connectivity index (χ1) is 13.1. The van der Waals surface area contributed by atoms with Crippen LogP contribution in [0.2, 0.25) is 0 Å². The summed E-state index contributed by atoms with van der Waals surface area (Å²) in [6.45, 7) is 5.21. The van der Waals surface area contributed by atoms with E-state index in [9.17, 15) is 4.39 Å². The Morgan fingerprint density at radius 2 is 2.04 bits per heavy atom. The third-order valence-electron chi connectivity index (χ3n) is 5.01. The Kier molecular flexibility index (Phi) is 4.24. The summed E-state index contributed by atoms with van der Waals surface area (Å²) >= 11 is 0. The van der Waals surface area contributed by atoms with Crippen molar-refractivity contribution in [2.45, 2.75) is 26.8 Å². The maximum atomic E-state index is 14.0. The molecule has 4 heterocycles. The van der Waals surface area contributed by atoms with E-state index in [-0.39, 0.29) is 0 Å². The normalized spacial score (nSPS) is 13.2. The Balaban J connectivity index is 1.69. The maximum Gasteiger partial charge on any atom is 0.220 e. The molecule has 0 atom stereocenters. The Hall–Kier alpha value is -3.40. The molecule has 6 nitrogen and oxygen atoms in total. The first-order valence-corrected chi connectivity index (χ1v) is 8.66. The minimum absolute atomic E-state index is 0.352. The highest BCUT2D eigenvalue weighted by Crippen LogP contribution is 2.29. The van der Waals surface area contributed by atoms with Gasteiger partial charge < -0.3 is 4.90 Å². The lowest BCUT2D eigenvalue weighted by Gasteiger charge is -2.30. The van der Waals surface area contributed by atoms with Gasteiger partial charge in [-0.1, -0.05) is 0 Å². The van der Waals surface area contributed by atoms with Crippen LogP contribution in [0.15, 0.2) is 30.6 Å². The molecule has 1 aliphatic heterocycles. The highest BCUT2D eigenvalue weighted by atomic mass is 19.1. The van der Waals surface area contributed by atoms with Gasteiger partial charge in [0.05, 0.1) is 0 Å². The fourth-order valence-corrected chi connectivity index (χ4v) is 3.35. The number of aromatic nitrogens is 4. The van der Waals surface area contributed by atoms with Crippen molar-refractivity contribution in [1.82, 2.24) is 20.2 Å². The molecule has 0 spiro atoms. The van der Waals surface area contributed by atoms with Gasteiger partial charge in [0.1, 0.15) is 6.07 Å². The summed E-state index contributed by atoms with van der Waals surface area (Å²) in [7, 11) is 0. The van der Waals surface area contributed by atoms with Crippen LogP contribution in [0, 0.1) is 31.1 Å². The molecule has 4 rings (SSSR count). The molecule has 0 saturated carbocycles. The first-order valence-electron chi connectivity index (χ1n) is 8.66. The van der Waals surface area contributed by atoms with Crippen molar-refractivity contribution in [2.24, 2.45) is 0 Å². The second-order valence-corrected chi connectivity index (χ2v) is 6.58. The van der Waals surface area contributed by atoms with Gasteiger partial charge in [-0.3, -0.25) is 4.98 Å². The zero-order valence-corrected chi connectivity index (χ0v) is 15.1. The molecule has 0 aliphatic carbocycles. The lowest BCUT2D eigenvalue weighted by molar-refractivity contribution is 0.587. The van der Waals surface area contributed by atoms with Crippen LogP contribution in [0.3, 0.4) is 0 Å². The number of nitriles is 1. The van der Waals surface area contributed by atoms with Gasteiger partial charge in [0.15, 0.2) is 11.5 Å². The Morgan fingerprint density at radius 3 is 2.81 bits per heavy atom. The van der Waals surface area contributed by atoms with Crippen molar-refractivity contribution in [2.75, 3.05) is 11.4 Å². The number of fused-ring (bicyclic) bond motifs is 1. The predicted octanol–water partition coefficient (Wildman–Crippen LogP) is 3.12. The second kappa shape index (κ2) is 6.72. The molecule has 0 amide bonds. The average Bonchev–Trinajstić information content (AvgIpc) is 2.69. The fraction of sp³-hybridized carbons (Fsp3) is 0.250. The van der Waals surface area contributed by atoms with E-state index in [1.807, 2.05) is 19.9 Å². The second-order valence-electron chi connectivity index (χ2n) is 6.58. The van der Waals surface area contributed by atoms with Gasteiger partial charge in [-0.05, 0) is 48.7 Å². The first kappa shape index (κ1) is 17.0. The summed E-state index contributed by atoms with van der Waals surface area (Å²) in [4.78, 5) is 10.4. The fourth-order valence-electron chi connectivity index (χ4n) is 3.35. The molecule has 3 aromatic rings. The number of anilines is 1. The van der Waals surface area contributed by atoms with E-state index in [4.69, 9.17) is 5.26 Å². The van der Waals surface area contributed by atoms with E-state index >= 15 is 0 Å². The number of nitrogens with zero attached hydrogens (tertiary/aromatic N) is 6. The van der Waals surface area contributed by atoms with Gasteiger partial charge in [0.2, 0.25) is 5.95 Å². The summed E-state index contributed by atoms with van der Waals surface area (Å²) in [5.74, 6) is 0.270. The van der Waals surface area contributed by atoms with E-state index in [0.717, 1.165) is 41.2 Å². The lowest BCUT2D eigenvalue weighted by Crippen LogP contribution is -2.32. The van der Waals surface area contributed by atoms with Gasteiger partial charge in [0.25, 0.3) is 0 Å². The van der Waals surface area contributed by atoms with Crippen LogP contribution in [-0.2, 0) is 13.0 Å². The topological polar surface area (TPSA) is 78.6 Å². The molecule has 0 saturated heterocycles. The monoisotopic (exact) mass is 360 g/mol. The molecule has 27 heavy (non-hydrogen) atoms. The molecule has 0 bridgehead atoms. The van der Waals surface area contributed by atoms with Crippen LogP contribution >= 0.6 is 0 Å². The Bertz CT molecular complexity index is 1070. The third kappa shape index (κ3) is 2.99. The minimum atomic E-state index is -0.503. The third-order valence-corrected chi connectivity index (χ3v) is 5.01. The van der Waals surface area contributed by atoms with Crippen molar-refractivity contribution in [3.8, 4) is 17.2 Å². The Morgan fingerprint density at radius 1 is 1.19 bits per heavy atom. The summed E-state index contributed by atoms with van der Waals surface area (Å²) in [6, 6.07) is 7.45. The summed E-state index contributed by atoms with van der Waals surface area (Å²) < 4.78 is 14.0. The van der Waals surface area contributed by atoms with Crippen LogP contribution < -0.4 is 4.90 Å². The van der Waals surface area contributed by atoms with Gasteiger partial charge in [-0.25, -0.2) is 4.98 Å². The highest BCUT2D eigenvalue weighted by Gasteiger charge is 2.22. The van der Waals surface area contributed by atoms with Gasteiger partial charge >= 0.3 is 0 Å². The van der Waals surface area contributed by atoms with E-state index in [0.29, 0.717) is 23.4 Å². The van der Waals surface area contributed by atoms with E-state index in [1.54, 1.807) is 18.3 Å². The van der Waals surface area contributed by atoms with Crippen molar-refractivity contribution < 1.29 is 4.39 Å². The maximum absolute atomic E-state index is 14.0. The molecule has 0 unspecified atom stereocenters. The molecule has 3 aromatic heterocycles. The van der Waals surface area contributed by atoms with Gasteiger partial charge in [-0.2, -0.15) is 9.65 Å². The molecule has 1 aliphatic rings. The van der Waals surface area contributed by atoms with Gasteiger partial charge in [0, 0.05) is 48.7 Å². The van der Waals surface area contributed by atoms with Crippen molar-refractivity contribution in [3.63, 3.8) is 0 Å². The van der Waals surface area contributed by atoms with E-state index in [2.05, 4.69) is 31.1 Å². The van der Waals surface area contributed by atoms with Crippen molar-refractivity contribution in [1.29, 1.82) is 5.26 Å². The van der Waals surface area contributed by atoms with E-state index < -0.39 is 5.95 Å². The predicted molar refractivity (Wildman–Crippen MR) is 98.4 cm³/mol. The summed E-state index contributed by atoms with van der Waals surface area (Å²) in [6.07, 6.45) is 3.90.